The molecule has 112 valence electrons. The second kappa shape index (κ2) is 5.75. The van der Waals surface area contributed by atoms with E-state index in [1.165, 1.54) is 11.3 Å². The molecule has 20 heavy (non-hydrogen) atoms. The second-order valence-corrected chi connectivity index (χ2v) is 8.74. The Balaban J connectivity index is 1.89. The Kier molecular flexibility index (Phi) is 4.17. The van der Waals surface area contributed by atoms with Crippen LogP contribution in [0, 0.1) is 0 Å². The van der Waals surface area contributed by atoms with Crippen molar-refractivity contribution in [1.29, 1.82) is 0 Å². The second-order valence-electron chi connectivity index (χ2n) is 5.45. The Morgan fingerprint density at radius 2 is 2.15 bits per heavy atom. The molecule has 1 aromatic rings. The zero-order valence-electron chi connectivity index (χ0n) is 11.7. The van der Waals surface area contributed by atoms with Gasteiger partial charge in [-0.25, -0.2) is 8.42 Å². The van der Waals surface area contributed by atoms with E-state index < -0.39 is 10.0 Å². The van der Waals surface area contributed by atoms with E-state index in [9.17, 15) is 8.42 Å². The fourth-order valence-corrected chi connectivity index (χ4v) is 6.25. The molecule has 0 radical (unpaired) electrons. The van der Waals surface area contributed by atoms with E-state index in [-0.39, 0.29) is 12.1 Å². The molecule has 1 saturated carbocycles. The minimum absolute atomic E-state index is 0.0367. The van der Waals surface area contributed by atoms with Gasteiger partial charge in [0.15, 0.2) is 0 Å². The van der Waals surface area contributed by atoms with Gasteiger partial charge in [0.25, 0.3) is 10.0 Å². The first kappa shape index (κ1) is 14.5. The van der Waals surface area contributed by atoms with Gasteiger partial charge in [0.1, 0.15) is 4.21 Å². The Labute approximate surface area is 124 Å². The van der Waals surface area contributed by atoms with Gasteiger partial charge in [0.05, 0.1) is 18.8 Å². The molecule has 0 aromatic carbocycles. The SMILES string of the molecule is CCc1ccc(S(=O)(=O)N2CCO[C@@H]3CCCC[C@H]32)s1. The molecule has 0 N–H and O–H groups in total. The molecule has 2 aliphatic rings. The fourth-order valence-electron chi connectivity index (χ4n) is 3.16. The standard InChI is InChI=1S/C14H21NO3S2/c1-2-11-7-8-14(19-11)20(16,17)15-9-10-18-13-6-4-3-5-12(13)15/h7-8,12-13H,2-6,9-10H2,1H3/t12-,13-/m1/s1. The zero-order valence-corrected chi connectivity index (χ0v) is 13.4. The Hall–Kier alpha value is -0.430. The van der Waals surface area contributed by atoms with Gasteiger partial charge in [-0.05, 0) is 31.4 Å². The van der Waals surface area contributed by atoms with E-state index >= 15 is 0 Å². The fraction of sp³-hybridized carbons (Fsp3) is 0.714. The Morgan fingerprint density at radius 3 is 2.90 bits per heavy atom. The molecule has 1 aromatic heterocycles. The minimum atomic E-state index is -3.35. The Morgan fingerprint density at radius 1 is 1.35 bits per heavy atom. The molecule has 4 nitrogen and oxygen atoms in total. The summed E-state index contributed by atoms with van der Waals surface area (Å²) in [6, 6.07) is 3.72. The smallest absolute Gasteiger partial charge is 0.252 e. The summed E-state index contributed by atoms with van der Waals surface area (Å²) in [7, 11) is -3.35. The van der Waals surface area contributed by atoms with Crippen molar-refractivity contribution >= 4 is 21.4 Å². The van der Waals surface area contributed by atoms with Gasteiger partial charge in [-0.15, -0.1) is 11.3 Å². The van der Waals surface area contributed by atoms with Crippen LogP contribution in [0.15, 0.2) is 16.3 Å². The van der Waals surface area contributed by atoms with Crippen LogP contribution in [0.25, 0.3) is 0 Å². The summed E-state index contributed by atoms with van der Waals surface area (Å²) >= 11 is 1.40. The molecule has 6 heteroatoms. The summed E-state index contributed by atoms with van der Waals surface area (Å²) in [4.78, 5) is 1.12. The van der Waals surface area contributed by atoms with Gasteiger partial charge < -0.3 is 4.74 Å². The van der Waals surface area contributed by atoms with Gasteiger partial charge in [0, 0.05) is 11.4 Å². The number of morpholine rings is 1. The number of ether oxygens (including phenoxy) is 1. The molecule has 2 atom stereocenters. The maximum Gasteiger partial charge on any atom is 0.252 e. The number of rotatable bonds is 3. The largest absolute Gasteiger partial charge is 0.375 e. The number of sulfonamides is 1. The van der Waals surface area contributed by atoms with Crippen molar-refractivity contribution in [3.63, 3.8) is 0 Å². The number of hydrogen-bond donors (Lipinski definition) is 0. The van der Waals surface area contributed by atoms with Crippen molar-refractivity contribution in [2.45, 2.75) is 55.4 Å². The van der Waals surface area contributed by atoms with E-state index in [0.29, 0.717) is 17.4 Å². The molecule has 1 aliphatic heterocycles. The molecule has 0 bridgehead atoms. The van der Waals surface area contributed by atoms with Crippen molar-refractivity contribution in [2.24, 2.45) is 0 Å². The molecule has 0 amide bonds. The lowest BCUT2D eigenvalue weighted by molar-refractivity contribution is -0.0585. The average Bonchev–Trinajstić information content (AvgIpc) is 2.96. The summed E-state index contributed by atoms with van der Waals surface area (Å²) < 4.78 is 33.7. The first-order chi connectivity index (χ1) is 9.63. The van der Waals surface area contributed by atoms with Gasteiger partial charge >= 0.3 is 0 Å². The molecule has 2 heterocycles. The highest BCUT2D eigenvalue weighted by Gasteiger charge is 2.41. The summed E-state index contributed by atoms with van der Waals surface area (Å²) in [6.07, 6.45) is 5.14. The van der Waals surface area contributed by atoms with Gasteiger partial charge in [-0.3, -0.25) is 0 Å². The lowest BCUT2D eigenvalue weighted by Gasteiger charge is -2.42. The van der Waals surface area contributed by atoms with Crippen LogP contribution >= 0.6 is 11.3 Å². The lowest BCUT2D eigenvalue weighted by atomic mass is 9.91. The first-order valence-corrected chi connectivity index (χ1v) is 9.60. The molecule has 2 fully saturated rings. The predicted molar refractivity (Wildman–Crippen MR) is 79.6 cm³/mol. The molecular weight excluding hydrogens is 294 g/mol. The van der Waals surface area contributed by atoms with Crippen LogP contribution in [-0.2, 0) is 21.2 Å². The van der Waals surface area contributed by atoms with Crippen molar-refractivity contribution in [2.75, 3.05) is 13.2 Å². The van der Waals surface area contributed by atoms with Crippen LogP contribution in [0.3, 0.4) is 0 Å². The third kappa shape index (κ3) is 2.54. The lowest BCUT2D eigenvalue weighted by Crippen LogP contribution is -2.54. The topological polar surface area (TPSA) is 46.6 Å². The molecule has 3 rings (SSSR count). The number of thiophene rings is 1. The van der Waals surface area contributed by atoms with E-state index in [2.05, 4.69) is 0 Å². The average molecular weight is 315 g/mol. The molecular formula is C14H21NO3S2. The number of fused-ring (bicyclic) bond motifs is 1. The normalized spacial score (nSPS) is 28.2. The van der Waals surface area contributed by atoms with Crippen LogP contribution in [-0.4, -0.2) is 38.0 Å². The van der Waals surface area contributed by atoms with Crippen LogP contribution in [0.5, 0.6) is 0 Å². The molecule has 0 spiro atoms. The number of hydrogen-bond acceptors (Lipinski definition) is 4. The van der Waals surface area contributed by atoms with Crippen LogP contribution < -0.4 is 0 Å². The number of nitrogens with zero attached hydrogens (tertiary/aromatic N) is 1. The summed E-state index contributed by atoms with van der Waals surface area (Å²) in [5, 5.41) is 0. The van der Waals surface area contributed by atoms with Crippen LogP contribution in [0.2, 0.25) is 0 Å². The summed E-state index contributed by atoms with van der Waals surface area (Å²) in [5.74, 6) is 0. The van der Waals surface area contributed by atoms with Crippen molar-refractivity contribution < 1.29 is 13.2 Å². The summed E-state index contributed by atoms with van der Waals surface area (Å²) in [5.41, 5.74) is 0. The highest BCUT2D eigenvalue weighted by Crippen LogP contribution is 2.34. The van der Waals surface area contributed by atoms with Crippen LogP contribution in [0.1, 0.15) is 37.5 Å². The molecule has 1 saturated heterocycles. The minimum Gasteiger partial charge on any atom is -0.375 e. The third-order valence-corrected chi connectivity index (χ3v) is 7.85. The highest BCUT2D eigenvalue weighted by atomic mass is 32.2. The van der Waals surface area contributed by atoms with E-state index in [1.54, 1.807) is 10.4 Å². The van der Waals surface area contributed by atoms with Gasteiger partial charge in [-0.1, -0.05) is 19.8 Å². The van der Waals surface area contributed by atoms with Crippen molar-refractivity contribution in [1.82, 2.24) is 4.31 Å². The third-order valence-electron chi connectivity index (χ3n) is 4.23. The van der Waals surface area contributed by atoms with Gasteiger partial charge in [-0.2, -0.15) is 4.31 Å². The number of aryl methyl sites for hydroxylation is 1. The summed E-state index contributed by atoms with van der Waals surface area (Å²) in [6.45, 7) is 3.06. The quantitative estimate of drug-likeness (QED) is 0.861. The van der Waals surface area contributed by atoms with Crippen LogP contribution in [0.4, 0.5) is 0 Å². The van der Waals surface area contributed by atoms with E-state index in [1.807, 2.05) is 13.0 Å². The monoisotopic (exact) mass is 315 g/mol. The zero-order chi connectivity index (χ0) is 14.2. The Bertz CT molecular complexity index is 565. The van der Waals surface area contributed by atoms with Crippen molar-refractivity contribution in [3.8, 4) is 0 Å². The van der Waals surface area contributed by atoms with Gasteiger partial charge in [0.2, 0.25) is 0 Å². The van der Waals surface area contributed by atoms with Crippen molar-refractivity contribution in [3.05, 3.63) is 17.0 Å². The first-order valence-electron chi connectivity index (χ1n) is 7.35. The molecule has 1 aliphatic carbocycles. The van der Waals surface area contributed by atoms with E-state index in [0.717, 1.165) is 37.0 Å². The highest BCUT2D eigenvalue weighted by molar-refractivity contribution is 7.91. The predicted octanol–water partition coefficient (Wildman–Crippen LogP) is 2.64. The molecule has 0 unspecified atom stereocenters. The maximum absolute atomic E-state index is 12.9. The van der Waals surface area contributed by atoms with E-state index in [4.69, 9.17) is 4.74 Å². The maximum atomic E-state index is 12.9.